The van der Waals surface area contributed by atoms with Gasteiger partial charge in [0.25, 0.3) is 0 Å². The average molecular weight is 403 g/mol. The zero-order chi connectivity index (χ0) is 20.3. The van der Waals surface area contributed by atoms with Gasteiger partial charge in [0.15, 0.2) is 5.65 Å². The van der Waals surface area contributed by atoms with Gasteiger partial charge in [-0.25, -0.2) is 14.8 Å². The molecule has 0 unspecified atom stereocenters. The Morgan fingerprint density at radius 1 is 0.933 bits per heavy atom. The van der Waals surface area contributed by atoms with Crippen molar-refractivity contribution in [2.45, 2.75) is 18.8 Å². The lowest BCUT2D eigenvalue weighted by Crippen LogP contribution is -2.50. The fraction of sp³-hybridized carbons (Fsp3) is 0.391. The standard InChI is InChI=1S/C23H25N5O2/c29-23(28-11-13-30-14-12-28)27-9-5-18(6-10-27)21-2-1-19-15-20(16-25-22(19)26-21)17-3-7-24-8-4-17/h1-4,7-8,15-16,18H,5-6,9-14H2. The van der Waals surface area contributed by atoms with E-state index >= 15 is 0 Å². The quantitative estimate of drug-likeness (QED) is 0.656. The molecule has 0 aromatic carbocycles. The molecule has 0 atom stereocenters. The Bertz CT molecular complexity index is 1030. The van der Waals surface area contributed by atoms with Crippen molar-refractivity contribution < 1.29 is 9.53 Å². The topological polar surface area (TPSA) is 71.5 Å². The van der Waals surface area contributed by atoms with Gasteiger partial charge in [0.1, 0.15) is 0 Å². The van der Waals surface area contributed by atoms with Crippen LogP contribution in [0.4, 0.5) is 4.79 Å². The second-order valence-corrected chi connectivity index (χ2v) is 7.89. The predicted octanol–water partition coefficient (Wildman–Crippen LogP) is 3.32. The van der Waals surface area contributed by atoms with E-state index < -0.39 is 0 Å². The Labute approximate surface area is 175 Å². The number of rotatable bonds is 2. The highest BCUT2D eigenvalue weighted by Crippen LogP contribution is 2.29. The van der Waals surface area contributed by atoms with Crippen molar-refractivity contribution in [3.8, 4) is 11.1 Å². The molecule has 2 aliphatic rings. The SMILES string of the molecule is O=C(N1CCOCC1)N1CCC(c2ccc3cc(-c4ccncc4)cnc3n2)CC1. The molecular formula is C23H25N5O2. The van der Waals surface area contributed by atoms with Gasteiger partial charge >= 0.3 is 6.03 Å². The number of carbonyl (C=O) groups excluding carboxylic acids is 1. The molecule has 7 heteroatoms. The molecule has 0 N–H and O–H groups in total. The van der Waals surface area contributed by atoms with Crippen molar-refractivity contribution in [2.24, 2.45) is 0 Å². The van der Waals surface area contributed by atoms with E-state index in [0.29, 0.717) is 32.2 Å². The van der Waals surface area contributed by atoms with Gasteiger partial charge in [-0.15, -0.1) is 0 Å². The van der Waals surface area contributed by atoms with Crippen molar-refractivity contribution >= 4 is 17.1 Å². The second kappa shape index (κ2) is 8.36. The molecule has 0 spiro atoms. The number of nitrogens with zero attached hydrogens (tertiary/aromatic N) is 5. The van der Waals surface area contributed by atoms with Crippen molar-refractivity contribution in [3.05, 3.63) is 54.6 Å². The zero-order valence-corrected chi connectivity index (χ0v) is 16.9. The van der Waals surface area contributed by atoms with Crippen LogP contribution >= 0.6 is 0 Å². The van der Waals surface area contributed by atoms with E-state index in [4.69, 9.17) is 9.72 Å². The van der Waals surface area contributed by atoms with Crippen LogP contribution in [0.2, 0.25) is 0 Å². The van der Waals surface area contributed by atoms with Gasteiger partial charge in [0.2, 0.25) is 0 Å². The maximum absolute atomic E-state index is 12.7. The van der Waals surface area contributed by atoms with E-state index in [1.54, 1.807) is 12.4 Å². The van der Waals surface area contributed by atoms with Gasteiger partial charge in [-0.05, 0) is 48.7 Å². The molecule has 0 radical (unpaired) electrons. The molecule has 154 valence electrons. The molecule has 5 heterocycles. The minimum atomic E-state index is 0.147. The molecule has 3 aromatic rings. The van der Waals surface area contributed by atoms with Crippen LogP contribution in [0, 0.1) is 0 Å². The average Bonchev–Trinajstić information content (AvgIpc) is 2.84. The van der Waals surface area contributed by atoms with Crippen molar-refractivity contribution in [1.29, 1.82) is 0 Å². The number of hydrogen-bond donors (Lipinski definition) is 0. The molecule has 2 amide bonds. The summed E-state index contributed by atoms with van der Waals surface area (Å²) < 4.78 is 5.35. The van der Waals surface area contributed by atoms with Crippen LogP contribution in [0.5, 0.6) is 0 Å². The maximum atomic E-state index is 12.7. The summed E-state index contributed by atoms with van der Waals surface area (Å²) in [6.45, 7) is 4.21. The Morgan fingerprint density at radius 2 is 1.67 bits per heavy atom. The minimum Gasteiger partial charge on any atom is -0.378 e. The van der Waals surface area contributed by atoms with E-state index in [-0.39, 0.29) is 6.03 Å². The monoisotopic (exact) mass is 403 g/mol. The van der Waals surface area contributed by atoms with E-state index in [2.05, 4.69) is 28.2 Å². The molecule has 3 aromatic heterocycles. The Morgan fingerprint density at radius 3 is 2.43 bits per heavy atom. The normalized spacial score (nSPS) is 18.0. The van der Waals surface area contributed by atoms with Crippen LogP contribution in [0.15, 0.2) is 48.9 Å². The number of pyridine rings is 3. The molecule has 2 aliphatic heterocycles. The lowest BCUT2D eigenvalue weighted by Gasteiger charge is -2.37. The van der Waals surface area contributed by atoms with Gasteiger partial charge in [-0.2, -0.15) is 0 Å². The number of aromatic nitrogens is 3. The summed E-state index contributed by atoms with van der Waals surface area (Å²) in [5.41, 5.74) is 4.01. The van der Waals surface area contributed by atoms with Crippen molar-refractivity contribution in [2.75, 3.05) is 39.4 Å². The first-order valence-corrected chi connectivity index (χ1v) is 10.6. The largest absolute Gasteiger partial charge is 0.378 e. The number of piperidine rings is 1. The number of fused-ring (bicyclic) bond motifs is 1. The highest BCUT2D eigenvalue weighted by molar-refractivity contribution is 5.81. The molecule has 2 saturated heterocycles. The van der Waals surface area contributed by atoms with E-state index in [1.165, 1.54) is 0 Å². The summed E-state index contributed by atoms with van der Waals surface area (Å²) in [4.78, 5) is 30.1. The van der Waals surface area contributed by atoms with Crippen LogP contribution in [0.1, 0.15) is 24.5 Å². The van der Waals surface area contributed by atoms with Gasteiger partial charge in [0.05, 0.1) is 13.2 Å². The summed E-state index contributed by atoms with van der Waals surface area (Å²) in [6, 6.07) is 10.5. The van der Waals surface area contributed by atoms with Gasteiger partial charge in [-0.3, -0.25) is 4.98 Å². The number of amides is 2. The Balaban J connectivity index is 1.27. The fourth-order valence-corrected chi connectivity index (χ4v) is 4.28. The lowest BCUT2D eigenvalue weighted by atomic mass is 9.93. The Hall–Kier alpha value is -3.06. The molecule has 30 heavy (non-hydrogen) atoms. The number of urea groups is 1. The molecule has 0 saturated carbocycles. The maximum Gasteiger partial charge on any atom is 0.320 e. The smallest absolute Gasteiger partial charge is 0.320 e. The van der Waals surface area contributed by atoms with Gasteiger partial charge in [0, 0.05) is 67.3 Å². The first-order chi connectivity index (χ1) is 14.8. The molecule has 7 nitrogen and oxygen atoms in total. The molecule has 0 bridgehead atoms. The number of hydrogen-bond acceptors (Lipinski definition) is 5. The third kappa shape index (κ3) is 3.85. The highest BCUT2D eigenvalue weighted by atomic mass is 16.5. The number of likely N-dealkylation sites (tertiary alicyclic amines) is 1. The molecular weight excluding hydrogens is 378 g/mol. The highest BCUT2D eigenvalue weighted by Gasteiger charge is 2.28. The summed E-state index contributed by atoms with van der Waals surface area (Å²) in [7, 11) is 0. The third-order valence-electron chi connectivity index (χ3n) is 6.04. The third-order valence-corrected chi connectivity index (χ3v) is 6.04. The predicted molar refractivity (Wildman–Crippen MR) is 114 cm³/mol. The summed E-state index contributed by atoms with van der Waals surface area (Å²) in [5.74, 6) is 0.366. The molecule has 0 aliphatic carbocycles. The minimum absolute atomic E-state index is 0.147. The van der Waals surface area contributed by atoms with E-state index in [1.807, 2.05) is 28.1 Å². The zero-order valence-electron chi connectivity index (χ0n) is 16.9. The first-order valence-electron chi connectivity index (χ1n) is 10.6. The van der Waals surface area contributed by atoms with Crippen molar-refractivity contribution in [3.63, 3.8) is 0 Å². The summed E-state index contributed by atoms with van der Waals surface area (Å²) in [5, 5.41) is 1.04. The van der Waals surface area contributed by atoms with Crippen LogP contribution < -0.4 is 0 Å². The van der Waals surface area contributed by atoms with E-state index in [0.717, 1.165) is 53.8 Å². The molecule has 5 rings (SSSR count). The van der Waals surface area contributed by atoms with Gasteiger partial charge in [-0.1, -0.05) is 0 Å². The summed E-state index contributed by atoms with van der Waals surface area (Å²) >= 11 is 0. The lowest BCUT2D eigenvalue weighted by molar-refractivity contribution is 0.0411. The number of carbonyl (C=O) groups is 1. The van der Waals surface area contributed by atoms with Crippen LogP contribution in [0.25, 0.3) is 22.2 Å². The van der Waals surface area contributed by atoms with Crippen LogP contribution in [0.3, 0.4) is 0 Å². The molecule has 2 fully saturated rings. The Kier molecular flexibility index (Phi) is 5.27. The van der Waals surface area contributed by atoms with Gasteiger partial charge < -0.3 is 14.5 Å². The van der Waals surface area contributed by atoms with Crippen LogP contribution in [-0.4, -0.2) is 70.2 Å². The van der Waals surface area contributed by atoms with E-state index in [9.17, 15) is 4.79 Å². The second-order valence-electron chi connectivity index (χ2n) is 7.89. The summed E-state index contributed by atoms with van der Waals surface area (Å²) in [6.07, 6.45) is 7.32. The number of morpholine rings is 1. The fourth-order valence-electron chi connectivity index (χ4n) is 4.28. The first kappa shape index (κ1) is 18.9. The van der Waals surface area contributed by atoms with Crippen molar-refractivity contribution in [1.82, 2.24) is 24.8 Å². The number of ether oxygens (including phenoxy) is 1. The van der Waals surface area contributed by atoms with Crippen LogP contribution in [-0.2, 0) is 4.74 Å².